The second-order valence-corrected chi connectivity index (χ2v) is 5.27. The number of hydrogen-bond acceptors (Lipinski definition) is 4. The van der Waals surface area contributed by atoms with Crippen LogP contribution in [0, 0.1) is 0 Å². The molecular formula is C14H21N3O2S. The van der Waals surface area contributed by atoms with E-state index in [0.29, 0.717) is 11.5 Å². The monoisotopic (exact) mass is 295 g/mol. The number of rotatable bonds is 7. The molecule has 1 rings (SSSR count). The minimum Gasteiger partial charge on any atom is -0.497 e. The number of carbonyl (C=O) groups is 1. The average Bonchev–Trinajstić information content (AvgIpc) is 2.38. The molecule has 0 fully saturated rings. The number of anilines is 1. The summed E-state index contributed by atoms with van der Waals surface area (Å²) in [4.78, 5) is 14.3. The number of hydrogen-bond donors (Lipinski definition) is 2. The maximum Gasteiger partial charge on any atom is 0.238 e. The molecule has 0 aromatic heterocycles. The lowest BCUT2D eigenvalue weighted by Crippen LogP contribution is -2.42. The van der Waals surface area contributed by atoms with Crippen molar-refractivity contribution in [2.24, 2.45) is 5.73 Å². The number of nitrogens with zero attached hydrogens (tertiary/aromatic N) is 1. The Hall–Kier alpha value is -1.66. The van der Waals surface area contributed by atoms with E-state index in [2.05, 4.69) is 5.32 Å². The van der Waals surface area contributed by atoms with Crippen molar-refractivity contribution in [2.45, 2.75) is 19.9 Å². The fraction of sp³-hybridized carbons (Fsp3) is 0.429. The predicted octanol–water partition coefficient (Wildman–Crippen LogP) is 1.63. The summed E-state index contributed by atoms with van der Waals surface area (Å²) in [6, 6.07) is 7.38. The summed E-state index contributed by atoms with van der Waals surface area (Å²) >= 11 is 4.89. The molecule has 1 amide bonds. The molecule has 0 saturated heterocycles. The predicted molar refractivity (Wildman–Crippen MR) is 85.1 cm³/mol. The Kier molecular flexibility index (Phi) is 6.41. The van der Waals surface area contributed by atoms with Crippen LogP contribution in [-0.4, -0.2) is 42.0 Å². The largest absolute Gasteiger partial charge is 0.497 e. The van der Waals surface area contributed by atoms with Crippen molar-refractivity contribution in [3.8, 4) is 5.75 Å². The summed E-state index contributed by atoms with van der Waals surface area (Å²) in [7, 11) is 1.60. The lowest BCUT2D eigenvalue weighted by atomic mass is 10.3. The van der Waals surface area contributed by atoms with Gasteiger partial charge in [-0.15, -0.1) is 0 Å². The van der Waals surface area contributed by atoms with Gasteiger partial charge >= 0.3 is 0 Å². The van der Waals surface area contributed by atoms with Crippen molar-refractivity contribution in [3.63, 3.8) is 0 Å². The van der Waals surface area contributed by atoms with Gasteiger partial charge in [-0.2, -0.15) is 0 Å². The molecule has 20 heavy (non-hydrogen) atoms. The van der Waals surface area contributed by atoms with Crippen LogP contribution in [0.3, 0.4) is 0 Å². The van der Waals surface area contributed by atoms with Crippen molar-refractivity contribution in [1.82, 2.24) is 4.90 Å². The maximum absolute atomic E-state index is 12.0. The van der Waals surface area contributed by atoms with Crippen LogP contribution in [0.25, 0.3) is 0 Å². The van der Waals surface area contributed by atoms with Crippen LogP contribution in [0.2, 0.25) is 0 Å². The standard InChI is InChI=1S/C14H21N3O2S/c1-10(2)17(8-13(15)20)9-14(18)16-11-4-6-12(19-3)7-5-11/h4-7,10H,8-9H2,1-3H3,(H2,15,20)(H,16,18). The van der Waals surface area contributed by atoms with Crippen LogP contribution in [0.15, 0.2) is 24.3 Å². The van der Waals surface area contributed by atoms with Crippen LogP contribution >= 0.6 is 12.2 Å². The van der Waals surface area contributed by atoms with Crippen molar-refractivity contribution < 1.29 is 9.53 Å². The van der Waals surface area contributed by atoms with E-state index in [9.17, 15) is 4.79 Å². The lowest BCUT2D eigenvalue weighted by Gasteiger charge is -2.25. The highest BCUT2D eigenvalue weighted by Crippen LogP contribution is 2.15. The SMILES string of the molecule is COc1ccc(NC(=O)CN(CC(N)=S)C(C)C)cc1. The summed E-state index contributed by atoms with van der Waals surface area (Å²) in [5.74, 6) is 0.653. The van der Waals surface area contributed by atoms with E-state index in [4.69, 9.17) is 22.7 Å². The number of amides is 1. The highest BCUT2D eigenvalue weighted by atomic mass is 32.1. The molecule has 0 heterocycles. The summed E-state index contributed by atoms with van der Waals surface area (Å²) in [5.41, 5.74) is 6.27. The first-order valence-electron chi connectivity index (χ1n) is 6.38. The number of nitrogens with two attached hydrogens (primary N) is 1. The molecule has 0 saturated carbocycles. The topological polar surface area (TPSA) is 67.6 Å². The highest BCUT2D eigenvalue weighted by Gasteiger charge is 2.14. The van der Waals surface area contributed by atoms with Crippen molar-refractivity contribution >= 4 is 28.8 Å². The number of methoxy groups -OCH3 is 1. The molecule has 3 N–H and O–H groups in total. The third-order valence-electron chi connectivity index (χ3n) is 2.81. The van der Waals surface area contributed by atoms with E-state index in [0.717, 1.165) is 11.4 Å². The number of carbonyl (C=O) groups excluding carboxylic acids is 1. The average molecular weight is 295 g/mol. The zero-order valence-electron chi connectivity index (χ0n) is 12.1. The molecule has 0 spiro atoms. The van der Waals surface area contributed by atoms with Crippen LogP contribution in [0.4, 0.5) is 5.69 Å². The second kappa shape index (κ2) is 7.81. The van der Waals surface area contributed by atoms with Crippen molar-refractivity contribution in [2.75, 3.05) is 25.5 Å². The van der Waals surface area contributed by atoms with Gasteiger partial charge in [0.1, 0.15) is 5.75 Å². The number of nitrogens with one attached hydrogen (secondary N) is 1. The Bertz CT molecular complexity index is 460. The molecule has 0 aliphatic rings. The minimum absolute atomic E-state index is 0.0971. The minimum atomic E-state index is -0.0971. The number of benzene rings is 1. The molecule has 0 atom stereocenters. The highest BCUT2D eigenvalue weighted by molar-refractivity contribution is 7.80. The Balaban J connectivity index is 2.58. The quantitative estimate of drug-likeness (QED) is 0.748. The van der Waals surface area contributed by atoms with Gasteiger partial charge in [0.15, 0.2) is 0 Å². The van der Waals surface area contributed by atoms with Gasteiger partial charge in [-0.25, -0.2) is 0 Å². The smallest absolute Gasteiger partial charge is 0.238 e. The molecular weight excluding hydrogens is 274 g/mol. The Morgan fingerprint density at radius 1 is 1.35 bits per heavy atom. The van der Waals surface area contributed by atoms with Gasteiger partial charge in [0, 0.05) is 18.3 Å². The van der Waals surface area contributed by atoms with E-state index in [1.165, 1.54) is 0 Å². The zero-order valence-corrected chi connectivity index (χ0v) is 12.9. The molecule has 0 bridgehead atoms. The van der Waals surface area contributed by atoms with Gasteiger partial charge in [-0.1, -0.05) is 12.2 Å². The number of thiocarbonyl (C=S) groups is 1. The summed E-state index contributed by atoms with van der Waals surface area (Å²) < 4.78 is 5.06. The fourth-order valence-electron chi connectivity index (χ4n) is 1.68. The summed E-state index contributed by atoms with van der Waals surface area (Å²) in [5, 5.41) is 2.83. The third kappa shape index (κ3) is 5.54. The van der Waals surface area contributed by atoms with E-state index in [-0.39, 0.29) is 18.5 Å². The van der Waals surface area contributed by atoms with Crippen LogP contribution in [-0.2, 0) is 4.79 Å². The van der Waals surface area contributed by atoms with E-state index >= 15 is 0 Å². The van der Waals surface area contributed by atoms with E-state index in [1.807, 2.05) is 18.7 Å². The molecule has 0 unspecified atom stereocenters. The third-order valence-corrected chi connectivity index (χ3v) is 2.94. The Morgan fingerprint density at radius 2 is 1.95 bits per heavy atom. The second-order valence-electron chi connectivity index (χ2n) is 4.74. The van der Waals surface area contributed by atoms with Crippen molar-refractivity contribution in [3.05, 3.63) is 24.3 Å². The van der Waals surface area contributed by atoms with Crippen LogP contribution in [0.5, 0.6) is 5.75 Å². The van der Waals surface area contributed by atoms with Crippen molar-refractivity contribution in [1.29, 1.82) is 0 Å². The Morgan fingerprint density at radius 3 is 2.40 bits per heavy atom. The van der Waals surface area contributed by atoms with Gasteiger partial charge in [0.2, 0.25) is 5.91 Å². The fourth-order valence-corrected chi connectivity index (χ4v) is 1.85. The molecule has 0 aliphatic heterocycles. The van der Waals surface area contributed by atoms with Gasteiger partial charge in [0.05, 0.1) is 18.6 Å². The van der Waals surface area contributed by atoms with Crippen LogP contribution < -0.4 is 15.8 Å². The zero-order chi connectivity index (χ0) is 15.1. The summed E-state index contributed by atoms with van der Waals surface area (Å²) in [6.45, 7) is 4.68. The normalized spacial score (nSPS) is 10.7. The Labute approximate surface area is 125 Å². The van der Waals surface area contributed by atoms with E-state index in [1.54, 1.807) is 31.4 Å². The molecule has 5 nitrogen and oxygen atoms in total. The van der Waals surface area contributed by atoms with Gasteiger partial charge < -0.3 is 15.8 Å². The molecule has 110 valence electrons. The molecule has 0 radical (unpaired) electrons. The first-order chi connectivity index (χ1) is 9.42. The van der Waals surface area contributed by atoms with Gasteiger partial charge in [-0.05, 0) is 38.1 Å². The van der Waals surface area contributed by atoms with Gasteiger partial charge in [0.25, 0.3) is 0 Å². The van der Waals surface area contributed by atoms with E-state index < -0.39 is 0 Å². The maximum atomic E-state index is 12.0. The first-order valence-corrected chi connectivity index (χ1v) is 6.79. The first kappa shape index (κ1) is 16.4. The molecule has 1 aromatic carbocycles. The number of ether oxygens (including phenoxy) is 1. The lowest BCUT2D eigenvalue weighted by molar-refractivity contribution is -0.117. The van der Waals surface area contributed by atoms with Crippen LogP contribution in [0.1, 0.15) is 13.8 Å². The summed E-state index contributed by atoms with van der Waals surface area (Å²) in [6.07, 6.45) is 0. The molecule has 1 aromatic rings. The molecule has 6 heteroatoms. The molecule has 0 aliphatic carbocycles. The van der Waals surface area contributed by atoms with Gasteiger partial charge in [-0.3, -0.25) is 9.69 Å².